The molecule has 0 unspecified atom stereocenters. The van der Waals surface area contributed by atoms with Crippen LogP contribution in [0.15, 0.2) is 56.9 Å². The second kappa shape index (κ2) is 13.0. The van der Waals surface area contributed by atoms with Crippen LogP contribution in [0.2, 0.25) is 0 Å². The number of sulfonamides is 1. The Labute approximate surface area is 254 Å². The molecular weight excluding hydrogens is 564 g/mol. The number of nitrogens with zero attached hydrogens (tertiary/aromatic N) is 3. The summed E-state index contributed by atoms with van der Waals surface area (Å²) in [5.41, 5.74) is 3.38. The summed E-state index contributed by atoms with van der Waals surface area (Å²) in [5, 5.41) is 3.89. The topological polar surface area (TPSA) is 114 Å². The van der Waals surface area contributed by atoms with E-state index in [2.05, 4.69) is 22.9 Å². The van der Waals surface area contributed by atoms with Crippen molar-refractivity contribution in [1.82, 2.24) is 10.1 Å². The van der Waals surface area contributed by atoms with E-state index < -0.39 is 15.6 Å². The van der Waals surface area contributed by atoms with E-state index in [1.165, 1.54) is 0 Å². The highest BCUT2D eigenvalue weighted by Gasteiger charge is 2.49. The molecule has 5 rings (SSSR count). The summed E-state index contributed by atoms with van der Waals surface area (Å²) < 4.78 is 40.7. The quantitative estimate of drug-likeness (QED) is 0.220. The van der Waals surface area contributed by atoms with E-state index in [-0.39, 0.29) is 16.6 Å². The molecule has 1 aromatic heterocycles. The average molecular weight is 607 g/mol. The van der Waals surface area contributed by atoms with E-state index in [0.717, 1.165) is 67.5 Å². The summed E-state index contributed by atoms with van der Waals surface area (Å²) in [4.78, 5) is 20.8. The van der Waals surface area contributed by atoms with Crippen LogP contribution >= 0.6 is 0 Å². The SMILES string of the molecule is CCCCC1=NC2(CCCC2)C(=O)N1Cc1ccc(-c2ccccc2S(=O)(=O)Nc2noc(C)c2C)c(CCOCC)c1. The summed E-state index contributed by atoms with van der Waals surface area (Å²) in [6.07, 6.45) is 7.13. The molecule has 2 aromatic carbocycles. The van der Waals surface area contributed by atoms with E-state index >= 15 is 0 Å². The number of nitrogens with one attached hydrogen (secondary N) is 1. The number of unbranched alkanes of at least 4 members (excludes halogenated alkanes) is 1. The monoisotopic (exact) mass is 606 g/mol. The van der Waals surface area contributed by atoms with Gasteiger partial charge in [-0.15, -0.1) is 0 Å². The van der Waals surface area contributed by atoms with Crippen LogP contribution in [-0.4, -0.2) is 49.0 Å². The van der Waals surface area contributed by atoms with E-state index in [1.54, 1.807) is 26.0 Å². The fourth-order valence-electron chi connectivity index (χ4n) is 6.04. The van der Waals surface area contributed by atoms with Gasteiger partial charge in [0.15, 0.2) is 5.82 Å². The van der Waals surface area contributed by atoms with Gasteiger partial charge in [0.25, 0.3) is 15.9 Å². The number of rotatable bonds is 13. The van der Waals surface area contributed by atoms with Gasteiger partial charge in [0.2, 0.25) is 0 Å². The molecule has 9 nitrogen and oxygen atoms in total. The van der Waals surface area contributed by atoms with Crippen molar-refractivity contribution in [2.45, 2.75) is 96.0 Å². The lowest BCUT2D eigenvalue weighted by Gasteiger charge is -2.23. The maximum atomic E-state index is 13.7. The van der Waals surface area contributed by atoms with Crippen molar-refractivity contribution in [1.29, 1.82) is 0 Å². The third-order valence-corrected chi connectivity index (χ3v) is 9.96. The number of hydrogen-bond donors (Lipinski definition) is 1. The van der Waals surface area contributed by atoms with Crippen molar-refractivity contribution in [2.24, 2.45) is 4.99 Å². The summed E-state index contributed by atoms with van der Waals surface area (Å²) in [6, 6.07) is 13.0. The lowest BCUT2D eigenvalue weighted by molar-refractivity contribution is -0.131. The Morgan fingerprint density at radius 3 is 2.51 bits per heavy atom. The molecule has 230 valence electrons. The van der Waals surface area contributed by atoms with Crippen LogP contribution in [0.1, 0.15) is 81.2 Å². The lowest BCUT2D eigenvalue weighted by Crippen LogP contribution is -2.40. The van der Waals surface area contributed by atoms with Crippen molar-refractivity contribution >= 4 is 27.6 Å². The largest absolute Gasteiger partial charge is 0.381 e. The molecule has 0 atom stereocenters. The van der Waals surface area contributed by atoms with Gasteiger partial charge < -0.3 is 9.26 Å². The first-order valence-electron chi connectivity index (χ1n) is 15.3. The van der Waals surface area contributed by atoms with Crippen molar-refractivity contribution in [3.63, 3.8) is 0 Å². The molecule has 2 heterocycles. The van der Waals surface area contributed by atoms with Crippen LogP contribution in [0, 0.1) is 13.8 Å². The first kappa shape index (κ1) is 30.9. The standard InChI is InChI=1S/C33H42N4O5S/c1-5-7-14-30-34-33(18-10-11-19-33)32(38)37(30)22-25-15-16-27(26(21-25)17-20-41-6-2)28-12-8-9-13-29(28)43(39,40)36-31-23(3)24(4)42-35-31/h8-9,12-13,15-16,21H,5-7,10-11,14,17-20,22H2,1-4H3,(H,35,36). The molecule has 3 aromatic rings. The van der Waals surface area contributed by atoms with Gasteiger partial charge in [-0.05, 0) is 69.2 Å². The summed E-state index contributed by atoms with van der Waals surface area (Å²) in [5.74, 6) is 1.75. The molecule has 1 spiro atoms. The fraction of sp³-hybridized carbons (Fsp3) is 0.485. The number of amides is 1. The van der Waals surface area contributed by atoms with Crippen LogP contribution in [0.25, 0.3) is 11.1 Å². The number of aromatic nitrogens is 1. The second-order valence-corrected chi connectivity index (χ2v) is 13.2. The molecule has 1 aliphatic carbocycles. The third-order valence-electron chi connectivity index (χ3n) is 8.57. The van der Waals surface area contributed by atoms with E-state index in [4.69, 9.17) is 14.3 Å². The normalized spacial score (nSPS) is 16.3. The zero-order valence-electron chi connectivity index (χ0n) is 25.6. The molecular formula is C33H42N4O5S. The van der Waals surface area contributed by atoms with Gasteiger partial charge in [-0.1, -0.05) is 67.7 Å². The van der Waals surface area contributed by atoms with Crippen LogP contribution in [-0.2, 0) is 32.5 Å². The van der Waals surface area contributed by atoms with Gasteiger partial charge in [0, 0.05) is 24.2 Å². The van der Waals surface area contributed by atoms with E-state index in [9.17, 15) is 13.2 Å². The Balaban J connectivity index is 1.49. The second-order valence-electron chi connectivity index (χ2n) is 11.5. The maximum Gasteiger partial charge on any atom is 0.263 e. The molecule has 0 bridgehead atoms. The molecule has 1 aliphatic heterocycles. The minimum atomic E-state index is -3.98. The number of anilines is 1. The smallest absolute Gasteiger partial charge is 0.263 e. The Hall–Kier alpha value is -3.50. The summed E-state index contributed by atoms with van der Waals surface area (Å²) in [6.45, 7) is 9.12. The van der Waals surface area contributed by atoms with Crippen molar-refractivity contribution in [3.8, 4) is 11.1 Å². The van der Waals surface area contributed by atoms with Gasteiger partial charge in [-0.3, -0.25) is 19.4 Å². The van der Waals surface area contributed by atoms with Gasteiger partial charge in [0.05, 0.1) is 18.0 Å². The molecule has 0 radical (unpaired) electrons. The van der Waals surface area contributed by atoms with Crippen molar-refractivity contribution < 1.29 is 22.5 Å². The average Bonchev–Trinajstić information content (AvgIpc) is 3.67. The lowest BCUT2D eigenvalue weighted by atomic mass is 9.95. The molecule has 0 saturated heterocycles. The third kappa shape index (κ3) is 6.40. The molecule has 1 fully saturated rings. The number of amidine groups is 1. The number of carbonyl (C=O) groups excluding carboxylic acids is 1. The molecule has 2 aliphatic rings. The van der Waals surface area contributed by atoms with Gasteiger partial charge in [0.1, 0.15) is 17.1 Å². The molecule has 1 saturated carbocycles. The Morgan fingerprint density at radius 2 is 1.81 bits per heavy atom. The number of hydrogen-bond acceptors (Lipinski definition) is 7. The van der Waals surface area contributed by atoms with Crippen molar-refractivity contribution in [3.05, 3.63) is 64.9 Å². The molecule has 1 amide bonds. The fourth-order valence-corrected chi connectivity index (χ4v) is 7.32. The van der Waals surface area contributed by atoms with Crippen molar-refractivity contribution in [2.75, 3.05) is 17.9 Å². The highest BCUT2D eigenvalue weighted by atomic mass is 32.2. The maximum absolute atomic E-state index is 13.7. The van der Waals surface area contributed by atoms with E-state index in [1.807, 2.05) is 36.1 Å². The Morgan fingerprint density at radius 1 is 1.05 bits per heavy atom. The van der Waals surface area contributed by atoms with Crippen LogP contribution < -0.4 is 4.72 Å². The van der Waals surface area contributed by atoms with Gasteiger partial charge in [-0.25, -0.2) is 8.42 Å². The number of aryl methyl sites for hydroxylation is 1. The first-order chi connectivity index (χ1) is 20.7. The number of carbonyl (C=O) groups is 1. The summed E-state index contributed by atoms with van der Waals surface area (Å²) >= 11 is 0. The minimum Gasteiger partial charge on any atom is -0.381 e. The summed E-state index contributed by atoms with van der Waals surface area (Å²) in [7, 11) is -3.98. The number of benzene rings is 2. The predicted molar refractivity (Wildman–Crippen MR) is 168 cm³/mol. The van der Waals surface area contributed by atoms with Gasteiger partial charge >= 0.3 is 0 Å². The first-order valence-corrected chi connectivity index (χ1v) is 16.8. The molecule has 43 heavy (non-hydrogen) atoms. The van der Waals surface area contributed by atoms with Crippen LogP contribution in [0.4, 0.5) is 5.82 Å². The van der Waals surface area contributed by atoms with Crippen LogP contribution in [0.3, 0.4) is 0 Å². The number of ether oxygens (including phenoxy) is 1. The zero-order chi connectivity index (χ0) is 30.6. The van der Waals surface area contributed by atoms with Crippen LogP contribution in [0.5, 0.6) is 0 Å². The number of aliphatic imine (C=N–C) groups is 1. The minimum absolute atomic E-state index is 0.122. The molecule has 1 N–H and O–H groups in total. The highest BCUT2D eigenvalue weighted by molar-refractivity contribution is 7.92. The Kier molecular flexibility index (Phi) is 9.36. The van der Waals surface area contributed by atoms with E-state index in [0.29, 0.717) is 43.1 Å². The zero-order valence-corrected chi connectivity index (χ0v) is 26.4. The highest BCUT2D eigenvalue weighted by Crippen LogP contribution is 2.40. The van der Waals surface area contributed by atoms with Gasteiger partial charge in [-0.2, -0.15) is 0 Å². The molecule has 10 heteroatoms. The Bertz CT molecular complexity index is 1600. The predicted octanol–water partition coefficient (Wildman–Crippen LogP) is 6.58.